The number of nitrogens with zero attached hydrogens (tertiary/aromatic N) is 1. The topological polar surface area (TPSA) is 49.4 Å². The molecule has 0 aromatic heterocycles. The Balaban J connectivity index is 2.28. The monoisotopic (exact) mass is 204 g/mol. The van der Waals surface area contributed by atoms with Crippen LogP contribution in [0.25, 0.3) is 0 Å². The number of nitrogens with one attached hydrogen (secondary N) is 1. The third-order valence-corrected chi connectivity index (χ3v) is 2.60. The van der Waals surface area contributed by atoms with Gasteiger partial charge in [-0.3, -0.25) is 10.1 Å². The summed E-state index contributed by atoms with van der Waals surface area (Å²) in [5.41, 5.74) is 0.989. The fourth-order valence-electron chi connectivity index (χ4n) is 1.73. The fourth-order valence-corrected chi connectivity index (χ4v) is 1.73. The summed E-state index contributed by atoms with van der Waals surface area (Å²) in [5, 5.41) is 2.28. The van der Waals surface area contributed by atoms with Gasteiger partial charge in [-0.15, -0.1) is 0 Å². The van der Waals surface area contributed by atoms with Gasteiger partial charge in [0.15, 0.2) is 0 Å². The minimum absolute atomic E-state index is 0.146. The SMILES string of the molecule is CN1C(=O)NC(=O)CC1c1ccccc1. The first-order valence-corrected chi connectivity index (χ1v) is 4.80. The number of carbonyl (C=O) groups excluding carboxylic acids is 2. The Bertz CT molecular complexity index is 389. The second-order valence-electron chi connectivity index (χ2n) is 3.59. The van der Waals surface area contributed by atoms with Gasteiger partial charge in [0.25, 0.3) is 0 Å². The first-order valence-electron chi connectivity index (χ1n) is 4.80. The molecule has 0 aliphatic carbocycles. The van der Waals surface area contributed by atoms with Crippen LogP contribution in [-0.2, 0) is 4.79 Å². The molecule has 0 radical (unpaired) electrons. The first-order chi connectivity index (χ1) is 7.18. The molecule has 1 saturated heterocycles. The first kappa shape index (κ1) is 9.71. The lowest BCUT2D eigenvalue weighted by Crippen LogP contribution is -2.49. The Kier molecular flexibility index (Phi) is 2.41. The third kappa shape index (κ3) is 1.83. The third-order valence-electron chi connectivity index (χ3n) is 2.60. The molecule has 1 aromatic carbocycles. The van der Waals surface area contributed by atoms with E-state index in [0.717, 1.165) is 5.56 Å². The highest BCUT2D eigenvalue weighted by Gasteiger charge is 2.30. The van der Waals surface area contributed by atoms with Gasteiger partial charge in [0, 0.05) is 7.05 Å². The van der Waals surface area contributed by atoms with Crippen LogP contribution in [0.5, 0.6) is 0 Å². The number of benzene rings is 1. The van der Waals surface area contributed by atoms with E-state index in [-0.39, 0.29) is 18.0 Å². The second kappa shape index (κ2) is 3.73. The van der Waals surface area contributed by atoms with Crippen molar-refractivity contribution < 1.29 is 9.59 Å². The standard InChI is InChI=1S/C11H12N2O2/c1-13-9(7-10(14)12-11(13)15)8-5-3-2-4-6-8/h2-6,9H,7H2,1H3,(H,12,14,15). The van der Waals surface area contributed by atoms with Gasteiger partial charge in [0.05, 0.1) is 12.5 Å². The minimum Gasteiger partial charge on any atom is -0.320 e. The zero-order valence-corrected chi connectivity index (χ0v) is 8.43. The lowest BCUT2D eigenvalue weighted by atomic mass is 10.0. The highest BCUT2D eigenvalue weighted by atomic mass is 16.2. The lowest BCUT2D eigenvalue weighted by molar-refractivity contribution is -0.122. The van der Waals surface area contributed by atoms with Crippen LogP contribution in [0, 0.1) is 0 Å². The van der Waals surface area contributed by atoms with Gasteiger partial charge < -0.3 is 4.90 Å². The van der Waals surface area contributed by atoms with E-state index < -0.39 is 0 Å². The molecule has 1 heterocycles. The van der Waals surface area contributed by atoms with Gasteiger partial charge >= 0.3 is 6.03 Å². The van der Waals surface area contributed by atoms with Crippen LogP contribution in [0.1, 0.15) is 18.0 Å². The van der Waals surface area contributed by atoms with E-state index in [1.807, 2.05) is 30.3 Å². The number of hydrogen-bond donors (Lipinski definition) is 1. The van der Waals surface area contributed by atoms with Gasteiger partial charge in [-0.25, -0.2) is 4.79 Å². The van der Waals surface area contributed by atoms with Gasteiger partial charge in [0.2, 0.25) is 5.91 Å². The molecule has 15 heavy (non-hydrogen) atoms. The van der Waals surface area contributed by atoms with Crippen LogP contribution in [0.3, 0.4) is 0 Å². The molecular weight excluding hydrogens is 192 g/mol. The zero-order chi connectivity index (χ0) is 10.8. The van der Waals surface area contributed by atoms with Crippen LogP contribution < -0.4 is 5.32 Å². The van der Waals surface area contributed by atoms with Crippen molar-refractivity contribution in [2.75, 3.05) is 7.05 Å². The van der Waals surface area contributed by atoms with Gasteiger partial charge in [0.1, 0.15) is 0 Å². The van der Waals surface area contributed by atoms with Crippen molar-refractivity contribution in [1.82, 2.24) is 10.2 Å². The molecule has 0 saturated carbocycles. The smallest absolute Gasteiger partial charge is 0.320 e. The lowest BCUT2D eigenvalue weighted by Gasteiger charge is -2.32. The van der Waals surface area contributed by atoms with Crippen molar-refractivity contribution in [3.8, 4) is 0 Å². The van der Waals surface area contributed by atoms with Crippen molar-refractivity contribution >= 4 is 11.9 Å². The Morgan fingerprint density at radius 2 is 1.93 bits per heavy atom. The Morgan fingerprint density at radius 1 is 1.27 bits per heavy atom. The Morgan fingerprint density at radius 3 is 2.60 bits per heavy atom. The fraction of sp³-hybridized carbons (Fsp3) is 0.273. The summed E-state index contributed by atoms with van der Waals surface area (Å²) >= 11 is 0. The van der Waals surface area contributed by atoms with Crippen molar-refractivity contribution in [2.45, 2.75) is 12.5 Å². The normalized spacial score (nSPS) is 21.4. The van der Waals surface area contributed by atoms with Crippen LogP contribution in [0.4, 0.5) is 4.79 Å². The molecule has 1 aliphatic rings. The summed E-state index contributed by atoms with van der Waals surface area (Å²) in [5.74, 6) is -0.216. The maximum absolute atomic E-state index is 11.4. The summed E-state index contributed by atoms with van der Waals surface area (Å²) in [6.07, 6.45) is 0.326. The van der Waals surface area contributed by atoms with E-state index in [9.17, 15) is 9.59 Å². The average Bonchev–Trinajstić information content (AvgIpc) is 2.24. The minimum atomic E-state index is -0.333. The molecule has 4 heteroatoms. The zero-order valence-electron chi connectivity index (χ0n) is 8.43. The maximum Gasteiger partial charge on any atom is 0.324 e. The molecule has 78 valence electrons. The summed E-state index contributed by atoms with van der Waals surface area (Å²) < 4.78 is 0. The molecule has 1 fully saturated rings. The summed E-state index contributed by atoms with van der Waals surface area (Å²) in [7, 11) is 1.69. The van der Waals surface area contributed by atoms with Crippen molar-refractivity contribution in [3.63, 3.8) is 0 Å². The Labute approximate surface area is 87.9 Å². The van der Waals surface area contributed by atoms with Gasteiger partial charge in [-0.2, -0.15) is 0 Å². The van der Waals surface area contributed by atoms with E-state index in [2.05, 4.69) is 5.32 Å². The molecule has 2 rings (SSSR count). The molecule has 3 amide bonds. The molecule has 1 N–H and O–H groups in total. The van der Waals surface area contributed by atoms with Crippen molar-refractivity contribution in [3.05, 3.63) is 35.9 Å². The summed E-state index contributed by atoms with van der Waals surface area (Å²) in [6, 6.07) is 9.09. The largest absolute Gasteiger partial charge is 0.324 e. The van der Waals surface area contributed by atoms with E-state index in [0.29, 0.717) is 6.42 Å². The summed E-state index contributed by atoms with van der Waals surface area (Å²) in [6.45, 7) is 0. The number of rotatable bonds is 1. The number of carbonyl (C=O) groups is 2. The van der Waals surface area contributed by atoms with Crippen molar-refractivity contribution in [2.24, 2.45) is 0 Å². The van der Waals surface area contributed by atoms with Crippen LogP contribution in [0.2, 0.25) is 0 Å². The number of imide groups is 1. The molecule has 4 nitrogen and oxygen atoms in total. The number of hydrogen-bond acceptors (Lipinski definition) is 2. The predicted molar refractivity (Wildman–Crippen MR) is 55.1 cm³/mol. The van der Waals surface area contributed by atoms with Gasteiger partial charge in [-0.05, 0) is 5.56 Å². The molecule has 1 unspecified atom stereocenters. The van der Waals surface area contributed by atoms with Gasteiger partial charge in [-0.1, -0.05) is 30.3 Å². The molecule has 0 bridgehead atoms. The second-order valence-corrected chi connectivity index (χ2v) is 3.59. The van der Waals surface area contributed by atoms with Crippen LogP contribution in [-0.4, -0.2) is 23.9 Å². The quantitative estimate of drug-likeness (QED) is 0.749. The van der Waals surface area contributed by atoms with E-state index in [4.69, 9.17) is 0 Å². The molecular formula is C11H12N2O2. The van der Waals surface area contributed by atoms with E-state index in [1.54, 1.807) is 11.9 Å². The molecule has 0 spiro atoms. The van der Waals surface area contributed by atoms with E-state index in [1.165, 1.54) is 0 Å². The number of urea groups is 1. The van der Waals surface area contributed by atoms with E-state index >= 15 is 0 Å². The van der Waals surface area contributed by atoms with Crippen LogP contribution in [0.15, 0.2) is 30.3 Å². The summed E-state index contributed by atoms with van der Waals surface area (Å²) in [4.78, 5) is 24.2. The molecule has 1 atom stereocenters. The number of amides is 3. The predicted octanol–water partition coefficient (Wildman–Crippen LogP) is 1.30. The van der Waals surface area contributed by atoms with Crippen molar-refractivity contribution in [1.29, 1.82) is 0 Å². The maximum atomic E-state index is 11.4. The molecule has 1 aromatic rings. The highest BCUT2D eigenvalue weighted by Crippen LogP contribution is 2.25. The average molecular weight is 204 g/mol. The highest BCUT2D eigenvalue weighted by molar-refractivity contribution is 5.97. The molecule has 1 aliphatic heterocycles. The Hall–Kier alpha value is -1.84. The van der Waals surface area contributed by atoms with Crippen LogP contribution >= 0.6 is 0 Å².